The number of carboxylic acids is 1. The van der Waals surface area contributed by atoms with Crippen LogP contribution in [0.5, 0.6) is 23.0 Å². The Morgan fingerprint density at radius 3 is 2.24 bits per heavy atom. The van der Waals surface area contributed by atoms with Crippen molar-refractivity contribution in [1.82, 2.24) is 0 Å². The Labute approximate surface area is 223 Å². The molecule has 0 spiro atoms. The summed E-state index contributed by atoms with van der Waals surface area (Å²) in [6.07, 6.45) is 5.83. The third-order valence-electron chi connectivity index (χ3n) is 6.37. The van der Waals surface area contributed by atoms with Gasteiger partial charge in [-0.2, -0.15) is 0 Å². The van der Waals surface area contributed by atoms with Gasteiger partial charge >= 0.3 is 5.97 Å². The first kappa shape index (κ1) is 28.8. The van der Waals surface area contributed by atoms with Crippen LogP contribution in [0.1, 0.15) is 85.2 Å². The Hall–Kier alpha value is -3.81. The molecule has 204 valence electrons. The number of phenolic OH excluding ortho intramolecular Hbond substituents is 1. The molecule has 0 aliphatic carbocycles. The van der Waals surface area contributed by atoms with E-state index in [1.807, 2.05) is 13.8 Å². The zero-order valence-corrected chi connectivity index (χ0v) is 22.5. The molecule has 8 nitrogen and oxygen atoms in total. The summed E-state index contributed by atoms with van der Waals surface area (Å²) in [5.74, 6) is 0.175. The van der Waals surface area contributed by atoms with E-state index in [9.17, 15) is 19.5 Å². The first-order valence-electron chi connectivity index (χ1n) is 13.0. The molecule has 0 aromatic heterocycles. The van der Waals surface area contributed by atoms with Crippen molar-refractivity contribution >= 4 is 17.5 Å². The van der Waals surface area contributed by atoms with Crippen LogP contribution in [-0.2, 0) is 17.6 Å². The molecule has 1 aliphatic heterocycles. The molecule has 0 saturated heterocycles. The number of rotatable bonds is 13. The highest BCUT2D eigenvalue weighted by molar-refractivity contribution is 6.01. The summed E-state index contributed by atoms with van der Waals surface area (Å²) in [6.45, 7) is 7.82. The number of benzene rings is 2. The van der Waals surface area contributed by atoms with Gasteiger partial charge in [0, 0.05) is 23.6 Å². The summed E-state index contributed by atoms with van der Waals surface area (Å²) in [5, 5.41) is 19.5. The Morgan fingerprint density at radius 1 is 1.03 bits per heavy atom. The molecule has 1 heterocycles. The van der Waals surface area contributed by atoms with E-state index in [4.69, 9.17) is 19.3 Å². The molecule has 0 bridgehead atoms. The van der Waals surface area contributed by atoms with Gasteiger partial charge in [-0.25, -0.2) is 4.79 Å². The zero-order chi connectivity index (χ0) is 27.9. The van der Waals surface area contributed by atoms with E-state index in [0.717, 1.165) is 24.5 Å². The van der Waals surface area contributed by atoms with Gasteiger partial charge in [-0.1, -0.05) is 26.7 Å². The number of fused-ring (bicyclic) bond motifs is 1. The second-order valence-corrected chi connectivity index (χ2v) is 9.65. The number of aliphatic carboxylic acids is 1. The topological polar surface area (TPSA) is 119 Å². The average molecular weight is 525 g/mol. The first-order valence-corrected chi connectivity index (χ1v) is 13.0. The van der Waals surface area contributed by atoms with E-state index >= 15 is 0 Å². The molecule has 2 aromatic rings. The van der Waals surface area contributed by atoms with Crippen LogP contribution >= 0.6 is 0 Å². The maximum Gasteiger partial charge on any atom is 0.328 e. The second kappa shape index (κ2) is 12.6. The van der Waals surface area contributed by atoms with Crippen LogP contribution in [0.3, 0.4) is 0 Å². The monoisotopic (exact) mass is 524 g/mol. The van der Waals surface area contributed by atoms with Gasteiger partial charge < -0.3 is 24.4 Å². The van der Waals surface area contributed by atoms with Gasteiger partial charge in [-0.3, -0.25) is 9.59 Å². The third-order valence-corrected chi connectivity index (χ3v) is 6.37. The minimum Gasteiger partial charge on any atom is -0.507 e. The lowest BCUT2D eigenvalue weighted by Gasteiger charge is -2.34. The van der Waals surface area contributed by atoms with Crippen molar-refractivity contribution in [2.75, 3.05) is 13.2 Å². The quantitative estimate of drug-likeness (QED) is 0.194. The lowest BCUT2D eigenvalue weighted by molar-refractivity contribution is -0.131. The van der Waals surface area contributed by atoms with Crippen LogP contribution in [0.2, 0.25) is 0 Å². The van der Waals surface area contributed by atoms with Gasteiger partial charge in [-0.05, 0) is 57.0 Å². The molecular weight excluding hydrogens is 488 g/mol. The number of ketones is 2. The Bertz CT molecular complexity index is 1230. The van der Waals surface area contributed by atoms with Crippen molar-refractivity contribution in [3.63, 3.8) is 0 Å². The number of ether oxygens (including phenoxy) is 3. The van der Waals surface area contributed by atoms with Crippen molar-refractivity contribution in [3.05, 3.63) is 58.7 Å². The molecule has 0 fully saturated rings. The molecule has 2 aromatic carbocycles. The molecule has 1 aliphatic rings. The lowest BCUT2D eigenvalue weighted by Crippen LogP contribution is -2.38. The molecule has 0 unspecified atom stereocenters. The molecule has 0 radical (unpaired) electrons. The number of hydrogen-bond acceptors (Lipinski definition) is 7. The highest BCUT2D eigenvalue weighted by atomic mass is 16.5. The van der Waals surface area contributed by atoms with Crippen molar-refractivity contribution in [2.24, 2.45) is 0 Å². The summed E-state index contributed by atoms with van der Waals surface area (Å²) in [4.78, 5) is 35.6. The van der Waals surface area contributed by atoms with E-state index in [-0.39, 0.29) is 29.3 Å². The van der Waals surface area contributed by atoms with E-state index < -0.39 is 11.6 Å². The normalized spacial score (nSPS) is 16.7. The number of Topliss-reactive ketones (excluding diaryl/α,β-unsaturated/α-hetero) is 2. The third kappa shape index (κ3) is 6.73. The number of phenols is 1. The van der Waals surface area contributed by atoms with Crippen molar-refractivity contribution in [3.8, 4) is 23.0 Å². The second-order valence-electron chi connectivity index (χ2n) is 9.65. The number of aromatic hydroxyl groups is 1. The highest BCUT2D eigenvalue weighted by Gasteiger charge is 2.36. The van der Waals surface area contributed by atoms with Crippen LogP contribution < -0.4 is 14.2 Å². The number of hydrogen-bond donors (Lipinski definition) is 2. The number of carbonyl (C=O) groups is 3. The van der Waals surface area contributed by atoms with Gasteiger partial charge in [0.15, 0.2) is 11.6 Å². The number of carboxylic acid groups (broad SMARTS) is 1. The fourth-order valence-corrected chi connectivity index (χ4v) is 4.54. The Balaban J connectivity index is 1.71. The molecule has 2 N–H and O–H groups in total. The van der Waals surface area contributed by atoms with Crippen LogP contribution in [-0.4, -0.2) is 46.6 Å². The summed E-state index contributed by atoms with van der Waals surface area (Å²) in [5.41, 5.74) is 1.11. The van der Waals surface area contributed by atoms with Gasteiger partial charge in [0.1, 0.15) is 28.6 Å². The molecule has 3 rings (SSSR count). The Kier molecular flexibility index (Phi) is 9.55. The fourth-order valence-electron chi connectivity index (χ4n) is 4.54. The molecule has 0 amide bonds. The number of carbonyl (C=O) groups excluding carboxylic acids is 2. The summed E-state index contributed by atoms with van der Waals surface area (Å²) in [7, 11) is 0. The SMILES string of the molecule is CCCc1c(OCCCOc2ccc3c(c2CCC)O[C@](C)(C=CC(=O)O)CC3=O)ccc(C(C)=O)c1O. The maximum atomic E-state index is 12.8. The van der Waals surface area contributed by atoms with Crippen LogP contribution in [0.4, 0.5) is 0 Å². The van der Waals surface area contributed by atoms with E-state index in [1.54, 1.807) is 31.2 Å². The zero-order valence-electron chi connectivity index (χ0n) is 22.5. The minimum atomic E-state index is -1.10. The van der Waals surface area contributed by atoms with E-state index in [0.29, 0.717) is 60.9 Å². The van der Waals surface area contributed by atoms with Gasteiger partial charge in [-0.15, -0.1) is 0 Å². The Morgan fingerprint density at radius 2 is 1.63 bits per heavy atom. The predicted molar refractivity (Wildman–Crippen MR) is 143 cm³/mol. The van der Waals surface area contributed by atoms with Crippen LogP contribution in [0.25, 0.3) is 0 Å². The fraction of sp³-hybridized carbons (Fsp3) is 0.433. The van der Waals surface area contributed by atoms with Crippen molar-refractivity contribution < 1.29 is 38.8 Å². The van der Waals surface area contributed by atoms with Gasteiger partial charge in [0.2, 0.25) is 0 Å². The molecule has 8 heteroatoms. The molecule has 1 atom stereocenters. The average Bonchev–Trinajstić information content (AvgIpc) is 2.85. The molecular formula is C30H36O8. The smallest absolute Gasteiger partial charge is 0.328 e. The van der Waals surface area contributed by atoms with Gasteiger partial charge in [0.05, 0.1) is 30.8 Å². The van der Waals surface area contributed by atoms with Crippen LogP contribution in [0, 0.1) is 0 Å². The largest absolute Gasteiger partial charge is 0.507 e. The van der Waals surface area contributed by atoms with Gasteiger partial charge in [0.25, 0.3) is 0 Å². The van der Waals surface area contributed by atoms with E-state index in [2.05, 4.69) is 0 Å². The predicted octanol–water partition coefficient (Wildman–Crippen LogP) is 5.71. The summed E-state index contributed by atoms with van der Waals surface area (Å²) >= 11 is 0. The lowest BCUT2D eigenvalue weighted by atomic mass is 9.89. The van der Waals surface area contributed by atoms with Crippen LogP contribution in [0.15, 0.2) is 36.4 Å². The summed E-state index contributed by atoms with van der Waals surface area (Å²) in [6, 6.07) is 6.77. The maximum absolute atomic E-state index is 12.8. The first-order chi connectivity index (χ1) is 18.1. The minimum absolute atomic E-state index is 0.0221. The van der Waals surface area contributed by atoms with E-state index in [1.165, 1.54) is 13.0 Å². The van der Waals surface area contributed by atoms with Crippen molar-refractivity contribution in [2.45, 2.75) is 71.8 Å². The highest BCUT2D eigenvalue weighted by Crippen LogP contribution is 2.41. The summed E-state index contributed by atoms with van der Waals surface area (Å²) < 4.78 is 18.2. The van der Waals surface area contributed by atoms with Crippen molar-refractivity contribution in [1.29, 1.82) is 0 Å². The molecule has 0 saturated carbocycles. The standard InChI is InChI=1S/C30H36O8/c1-5-8-22-25(12-10-20(19(3)31)28(22)35)36-16-7-17-37-26-13-11-21-24(32)18-30(4,15-14-27(33)34)38-29(21)23(26)9-6-2/h10-15,35H,5-9,16-18H2,1-4H3,(H,33,34)/t30-/m1/s1. The molecule has 38 heavy (non-hydrogen) atoms.